The lowest BCUT2D eigenvalue weighted by Crippen LogP contribution is -2.01. The van der Waals surface area contributed by atoms with Gasteiger partial charge in [0, 0.05) is 16.7 Å². The summed E-state index contributed by atoms with van der Waals surface area (Å²) >= 11 is 5.70. The highest BCUT2D eigenvalue weighted by Crippen LogP contribution is 2.13. The van der Waals surface area contributed by atoms with Gasteiger partial charge >= 0.3 is 5.97 Å². The summed E-state index contributed by atoms with van der Waals surface area (Å²) < 4.78 is 0. The van der Waals surface area contributed by atoms with Gasteiger partial charge in [0.25, 0.3) is 0 Å². The van der Waals surface area contributed by atoms with Crippen molar-refractivity contribution in [3.05, 3.63) is 52.3 Å². The van der Waals surface area contributed by atoms with Gasteiger partial charge in [0.15, 0.2) is 0 Å². The van der Waals surface area contributed by atoms with Crippen LogP contribution in [0, 0.1) is 0 Å². The van der Waals surface area contributed by atoms with E-state index < -0.39 is 5.97 Å². The lowest BCUT2D eigenvalue weighted by molar-refractivity contribution is 0.0690. The van der Waals surface area contributed by atoms with Gasteiger partial charge in [-0.05, 0) is 24.3 Å². The second-order valence-electron chi connectivity index (χ2n) is 3.31. The zero-order chi connectivity index (χ0) is 12.4. The van der Waals surface area contributed by atoms with E-state index in [4.69, 9.17) is 16.7 Å². The smallest absolute Gasteiger partial charge is 0.353 e. The number of nitrogens with one attached hydrogen (secondary N) is 1. The molecule has 2 aromatic rings. The van der Waals surface area contributed by atoms with Crippen LogP contribution in [-0.2, 0) is 0 Å². The lowest BCUT2D eigenvalue weighted by Gasteiger charge is -1.96. The maximum absolute atomic E-state index is 11.9. The summed E-state index contributed by atoms with van der Waals surface area (Å²) in [7, 11) is 0. The van der Waals surface area contributed by atoms with E-state index in [2.05, 4.69) is 10.2 Å². The van der Waals surface area contributed by atoms with E-state index in [1.165, 1.54) is 6.07 Å². The molecule has 1 aromatic carbocycles. The summed E-state index contributed by atoms with van der Waals surface area (Å²) in [4.78, 5) is 22.5. The van der Waals surface area contributed by atoms with Gasteiger partial charge in [-0.15, -0.1) is 0 Å². The number of carboxylic acids is 1. The Balaban J connectivity index is 2.30. The maximum atomic E-state index is 11.9. The molecule has 0 aliphatic rings. The predicted octanol–water partition coefficient (Wildman–Crippen LogP) is 1.99. The van der Waals surface area contributed by atoms with Gasteiger partial charge in [-0.25, -0.2) is 4.79 Å². The van der Waals surface area contributed by atoms with E-state index in [1.807, 2.05) is 0 Å². The van der Waals surface area contributed by atoms with Crippen molar-refractivity contribution in [2.45, 2.75) is 0 Å². The number of carbonyl (C=O) groups excluding carboxylic acids is 1. The van der Waals surface area contributed by atoms with Gasteiger partial charge < -0.3 is 5.11 Å². The van der Waals surface area contributed by atoms with Crippen molar-refractivity contribution < 1.29 is 14.7 Å². The van der Waals surface area contributed by atoms with Crippen LogP contribution in [-0.4, -0.2) is 27.1 Å². The molecule has 0 unspecified atom stereocenters. The SMILES string of the molecule is O=C(c1ccc(Cl)cc1)c1cc(C(=O)O)[nH]n1. The second-order valence-corrected chi connectivity index (χ2v) is 3.74. The Kier molecular flexibility index (Phi) is 2.93. The third-order valence-corrected chi connectivity index (χ3v) is 2.40. The number of rotatable bonds is 3. The molecule has 1 aromatic heterocycles. The molecule has 5 nitrogen and oxygen atoms in total. The van der Waals surface area contributed by atoms with Crippen LogP contribution in [0.2, 0.25) is 5.02 Å². The normalized spacial score (nSPS) is 10.2. The Morgan fingerprint density at radius 3 is 2.41 bits per heavy atom. The fourth-order valence-electron chi connectivity index (χ4n) is 1.30. The molecule has 2 rings (SSSR count). The minimum absolute atomic E-state index is 0.0599. The number of hydrogen-bond acceptors (Lipinski definition) is 3. The van der Waals surface area contributed by atoms with Crippen LogP contribution in [0.15, 0.2) is 30.3 Å². The highest BCUT2D eigenvalue weighted by Gasteiger charge is 2.15. The highest BCUT2D eigenvalue weighted by atomic mass is 35.5. The summed E-state index contributed by atoms with van der Waals surface area (Å²) in [6.07, 6.45) is 0. The van der Waals surface area contributed by atoms with Gasteiger partial charge in [0.2, 0.25) is 5.78 Å². The van der Waals surface area contributed by atoms with Crippen LogP contribution in [0.1, 0.15) is 26.5 Å². The fraction of sp³-hybridized carbons (Fsp3) is 0. The van der Waals surface area contributed by atoms with Crippen LogP contribution in [0.4, 0.5) is 0 Å². The van der Waals surface area contributed by atoms with Crippen LogP contribution in [0.3, 0.4) is 0 Å². The third kappa shape index (κ3) is 2.34. The molecule has 0 aliphatic heterocycles. The molecule has 0 saturated carbocycles. The van der Waals surface area contributed by atoms with Gasteiger partial charge in [0.05, 0.1) is 0 Å². The lowest BCUT2D eigenvalue weighted by atomic mass is 10.1. The molecule has 0 atom stereocenters. The number of aromatic carboxylic acids is 1. The first-order valence-electron chi connectivity index (χ1n) is 4.67. The molecule has 6 heteroatoms. The number of nitrogens with zero attached hydrogens (tertiary/aromatic N) is 1. The van der Waals surface area contributed by atoms with Gasteiger partial charge in [-0.1, -0.05) is 11.6 Å². The number of H-pyrrole nitrogens is 1. The number of aromatic nitrogens is 2. The summed E-state index contributed by atoms with van der Waals surface area (Å²) in [5.41, 5.74) is 0.338. The van der Waals surface area contributed by atoms with Crippen molar-refractivity contribution in [3.63, 3.8) is 0 Å². The quantitative estimate of drug-likeness (QED) is 0.816. The molecule has 17 heavy (non-hydrogen) atoms. The zero-order valence-electron chi connectivity index (χ0n) is 8.48. The number of carbonyl (C=O) groups is 2. The Labute approximate surface area is 101 Å². The number of ketones is 1. The number of aromatic amines is 1. The highest BCUT2D eigenvalue weighted by molar-refractivity contribution is 6.30. The number of carboxylic acid groups (broad SMARTS) is 1. The van der Waals surface area contributed by atoms with Crippen molar-refractivity contribution in [3.8, 4) is 0 Å². The average molecular weight is 251 g/mol. The van der Waals surface area contributed by atoms with Crippen molar-refractivity contribution in [1.29, 1.82) is 0 Å². The number of benzene rings is 1. The predicted molar refractivity (Wildman–Crippen MR) is 60.4 cm³/mol. The topological polar surface area (TPSA) is 83.0 Å². The molecule has 0 radical (unpaired) electrons. The molecule has 0 spiro atoms. The molecule has 0 aliphatic carbocycles. The van der Waals surface area contributed by atoms with E-state index in [0.29, 0.717) is 10.6 Å². The molecule has 2 N–H and O–H groups in total. The van der Waals surface area contributed by atoms with Crippen LogP contribution >= 0.6 is 11.6 Å². The number of hydrogen-bond donors (Lipinski definition) is 2. The molecular weight excluding hydrogens is 244 g/mol. The number of halogens is 1. The van der Waals surface area contributed by atoms with Crippen molar-refractivity contribution >= 4 is 23.4 Å². The van der Waals surface area contributed by atoms with Gasteiger partial charge in [0.1, 0.15) is 11.4 Å². The standard InChI is InChI=1S/C11H7ClN2O3/c12-7-3-1-6(2-4-7)10(15)8-5-9(11(16)17)14-13-8/h1-5H,(H,13,14)(H,16,17). The first-order chi connectivity index (χ1) is 8.08. The van der Waals surface area contributed by atoms with Crippen LogP contribution < -0.4 is 0 Å². The Bertz CT molecular complexity index is 575. The van der Waals surface area contributed by atoms with E-state index in [9.17, 15) is 9.59 Å². The summed E-state index contributed by atoms with van der Waals surface area (Å²) in [6.45, 7) is 0. The van der Waals surface area contributed by atoms with E-state index in [1.54, 1.807) is 24.3 Å². The van der Waals surface area contributed by atoms with E-state index in [-0.39, 0.29) is 17.2 Å². The summed E-state index contributed by atoms with van der Waals surface area (Å²) in [5.74, 6) is -1.52. The Morgan fingerprint density at radius 1 is 1.24 bits per heavy atom. The van der Waals surface area contributed by atoms with Crippen LogP contribution in [0.25, 0.3) is 0 Å². The van der Waals surface area contributed by atoms with Gasteiger partial charge in [-0.3, -0.25) is 9.89 Å². The molecular formula is C11H7ClN2O3. The molecule has 1 heterocycles. The van der Waals surface area contributed by atoms with E-state index in [0.717, 1.165) is 0 Å². The fourth-order valence-corrected chi connectivity index (χ4v) is 1.42. The zero-order valence-corrected chi connectivity index (χ0v) is 9.23. The minimum Gasteiger partial charge on any atom is -0.477 e. The second kappa shape index (κ2) is 4.39. The summed E-state index contributed by atoms with van der Waals surface area (Å²) in [5, 5.41) is 15.1. The monoisotopic (exact) mass is 250 g/mol. The largest absolute Gasteiger partial charge is 0.477 e. The van der Waals surface area contributed by atoms with Crippen LogP contribution in [0.5, 0.6) is 0 Å². The maximum Gasteiger partial charge on any atom is 0.353 e. The average Bonchev–Trinajstić information content (AvgIpc) is 2.78. The minimum atomic E-state index is -1.16. The van der Waals surface area contributed by atoms with Crippen molar-refractivity contribution in [1.82, 2.24) is 10.2 Å². The van der Waals surface area contributed by atoms with Crippen molar-refractivity contribution in [2.75, 3.05) is 0 Å². The Hall–Kier alpha value is -2.14. The first kappa shape index (κ1) is 11.3. The Morgan fingerprint density at radius 2 is 1.88 bits per heavy atom. The first-order valence-corrected chi connectivity index (χ1v) is 5.04. The third-order valence-electron chi connectivity index (χ3n) is 2.15. The van der Waals surface area contributed by atoms with Gasteiger partial charge in [-0.2, -0.15) is 5.10 Å². The van der Waals surface area contributed by atoms with E-state index >= 15 is 0 Å². The molecule has 0 fully saturated rings. The molecule has 0 bridgehead atoms. The molecule has 0 amide bonds. The summed E-state index contributed by atoms with van der Waals surface area (Å²) in [6, 6.07) is 7.47. The molecule has 0 saturated heterocycles. The van der Waals surface area contributed by atoms with Crippen molar-refractivity contribution in [2.24, 2.45) is 0 Å². The molecule has 86 valence electrons.